The van der Waals surface area contributed by atoms with Crippen LogP contribution in [0.25, 0.3) is 0 Å². The smallest absolute Gasteiger partial charge is 0.301 e. The average Bonchev–Trinajstić information content (AvgIpc) is 2.44. The van der Waals surface area contributed by atoms with Gasteiger partial charge in [-0.05, 0) is 51.4 Å². The van der Waals surface area contributed by atoms with E-state index in [9.17, 15) is 8.42 Å². The van der Waals surface area contributed by atoms with Gasteiger partial charge in [-0.3, -0.25) is 4.72 Å². The minimum atomic E-state index is -3.49. The number of nitrogens with zero attached hydrogens (tertiary/aromatic N) is 1. The second-order valence-electron chi connectivity index (χ2n) is 5.51. The lowest BCUT2D eigenvalue weighted by molar-refractivity contribution is 0.414. The van der Waals surface area contributed by atoms with Crippen molar-refractivity contribution >= 4 is 15.9 Å². The summed E-state index contributed by atoms with van der Waals surface area (Å²) in [6, 6.07) is 7.66. The van der Waals surface area contributed by atoms with Crippen molar-refractivity contribution in [2.75, 3.05) is 18.3 Å². The van der Waals surface area contributed by atoms with E-state index >= 15 is 0 Å². The van der Waals surface area contributed by atoms with Crippen LogP contribution in [0.1, 0.15) is 45.7 Å². The maximum atomic E-state index is 12.1. The van der Waals surface area contributed by atoms with Gasteiger partial charge in [-0.15, -0.1) is 0 Å². The lowest BCUT2D eigenvalue weighted by Gasteiger charge is -2.22. The number of rotatable bonds is 8. The Balaban J connectivity index is 2.75. The van der Waals surface area contributed by atoms with Crippen LogP contribution in [0.3, 0.4) is 0 Å². The van der Waals surface area contributed by atoms with Gasteiger partial charge in [-0.1, -0.05) is 19.1 Å². The van der Waals surface area contributed by atoms with Gasteiger partial charge in [0, 0.05) is 24.8 Å². The normalized spacial score (nSPS) is 13.7. The largest absolute Gasteiger partial charge is 0.310 e. The average molecular weight is 313 g/mol. The van der Waals surface area contributed by atoms with E-state index in [1.807, 2.05) is 26.0 Å². The molecule has 1 aromatic rings. The van der Waals surface area contributed by atoms with E-state index in [-0.39, 0.29) is 12.1 Å². The van der Waals surface area contributed by atoms with Crippen molar-refractivity contribution < 1.29 is 8.42 Å². The molecule has 6 heteroatoms. The SMILES string of the molecule is CCCNC(C)c1ccc(NS(=O)(=O)N(C)C(C)C)cc1. The summed E-state index contributed by atoms with van der Waals surface area (Å²) in [7, 11) is -1.92. The highest BCUT2D eigenvalue weighted by Crippen LogP contribution is 2.18. The van der Waals surface area contributed by atoms with E-state index in [2.05, 4.69) is 23.9 Å². The molecule has 0 aromatic heterocycles. The Bertz CT molecular complexity index is 526. The zero-order valence-electron chi connectivity index (χ0n) is 13.6. The fourth-order valence-electron chi connectivity index (χ4n) is 1.82. The first-order valence-electron chi connectivity index (χ1n) is 7.37. The predicted octanol–water partition coefficient (Wildman–Crippen LogP) is 2.74. The number of nitrogens with one attached hydrogen (secondary N) is 2. The second-order valence-corrected chi connectivity index (χ2v) is 7.25. The van der Waals surface area contributed by atoms with Gasteiger partial charge in [0.25, 0.3) is 0 Å². The molecule has 0 spiro atoms. The highest BCUT2D eigenvalue weighted by atomic mass is 32.2. The summed E-state index contributed by atoms with van der Waals surface area (Å²) in [6.07, 6.45) is 1.09. The Morgan fingerprint density at radius 2 is 1.71 bits per heavy atom. The van der Waals surface area contributed by atoms with Crippen molar-refractivity contribution in [3.05, 3.63) is 29.8 Å². The molecule has 120 valence electrons. The van der Waals surface area contributed by atoms with Crippen LogP contribution in [0, 0.1) is 0 Å². The lowest BCUT2D eigenvalue weighted by Crippen LogP contribution is -2.37. The van der Waals surface area contributed by atoms with Crippen molar-refractivity contribution in [1.82, 2.24) is 9.62 Å². The molecule has 0 bridgehead atoms. The first-order chi connectivity index (χ1) is 9.77. The molecule has 21 heavy (non-hydrogen) atoms. The fourth-order valence-corrected chi connectivity index (χ4v) is 2.95. The number of benzene rings is 1. The zero-order chi connectivity index (χ0) is 16.0. The van der Waals surface area contributed by atoms with Gasteiger partial charge in [-0.2, -0.15) is 12.7 Å². The van der Waals surface area contributed by atoms with Crippen molar-refractivity contribution in [3.8, 4) is 0 Å². The second kappa shape index (κ2) is 7.77. The van der Waals surface area contributed by atoms with Gasteiger partial charge in [0.15, 0.2) is 0 Å². The topological polar surface area (TPSA) is 61.4 Å². The Kier molecular flexibility index (Phi) is 6.64. The van der Waals surface area contributed by atoms with Crippen molar-refractivity contribution in [1.29, 1.82) is 0 Å². The molecule has 0 amide bonds. The van der Waals surface area contributed by atoms with Crippen LogP contribution in [0.15, 0.2) is 24.3 Å². The first-order valence-corrected chi connectivity index (χ1v) is 8.81. The molecule has 0 heterocycles. The summed E-state index contributed by atoms with van der Waals surface area (Å²) >= 11 is 0. The summed E-state index contributed by atoms with van der Waals surface area (Å²) in [4.78, 5) is 0. The van der Waals surface area contributed by atoms with E-state index < -0.39 is 10.2 Å². The lowest BCUT2D eigenvalue weighted by atomic mass is 10.1. The molecule has 0 saturated heterocycles. The Morgan fingerprint density at radius 3 is 2.19 bits per heavy atom. The quantitative estimate of drug-likeness (QED) is 0.776. The number of anilines is 1. The highest BCUT2D eigenvalue weighted by Gasteiger charge is 2.20. The maximum absolute atomic E-state index is 12.1. The third-order valence-corrected chi connectivity index (χ3v) is 5.14. The van der Waals surface area contributed by atoms with E-state index in [0.29, 0.717) is 5.69 Å². The van der Waals surface area contributed by atoms with Gasteiger partial charge < -0.3 is 5.32 Å². The molecular weight excluding hydrogens is 286 g/mol. The molecule has 1 unspecified atom stereocenters. The molecule has 1 atom stereocenters. The van der Waals surface area contributed by atoms with Gasteiger partial charge in [0.2, 0.25) is 0 Å². The van der Waals surface area contributed by atoms with E-state index in [0.717, 1.165) is 18.5 Å². The third kappa shape index (κ3) is 5.30. The van der Waals surface area contributed by atoms with Crippen LogP contribution in [0.4, 0.5) is 5.69 Å². The van der Waals surface area contributed by atoms with E-state index in [1.54, 1.807) is 19.2 Å². The fraction of sp³-hybridized carbons (Fsp3) is 0.600. The van der Waals surface area contributed by atoms with Gasteiger partial charge in [-0.25, -0.2) is 0 Å². The summed E-state index contributed by atoms with van der Waals surface area (Å²) in [5.74, 6) is 0. The molecule has 0 aliphatic carbocycles. The summed E-state index contributed by atoms with van der Waals surface area (Å²) in [5.41, 5.74) is 1.72. The minimum Gasteiger partial charge on any atom is -0.310 e. The third-order valence-electron chi connectivity index (χ3n) is 3.46. The Morgan fingerprint density at radius 1 is 1.14 bits per heavy atom. The predicted molar refractivity (Wildman–Crippen MR) is 88.6 cm³/mol. The van der Waals surface area contributed by atoms with E-state index in [1.165, 1.54) is 4.31 Å². The first kappa shape index (κ1) is 17.9. The molecule has 0 fully saturated rings. The molecule has 1 aromatic carbocycles. The van der Waals surface area contributed by atoms with Crippen LogP contribution in [0.2, 0.25) is 0 Å². The van der Waals surface area contributed by atoms with Crippen LogP contribution >= 0.6 is 0 Å². The Hall–Kier alpha value is -1.11. The van der Waals surface area contributed by atoms with Crippen LogP contribution in [0.5, 0.6) is 0 Å². The van der Waals surface area contributed by atoms with Crippen molar-refractivity contribution in [2.24, 2.45) is 0 Å². The standard InChI is InChI=1S/C15H27N3O2S/c1-6-11-16-13(4)14-7-9-15(10-8-14)17-21(19,20)18(5)12(2)3/h7-10,12-13,16-17H,6,11H2,1-5H3. The molecule has 2 N–H and O–H groups in total. The van der Waals surface area contributed by atoms with Crippen LogP contribution < -0.4 is 10.0 Å². The van der Waals surface area contributed by atoms with Gasteiger partial charge in [0.05, 0.1) is 0 Å². The Labute approximate surface area is 128 Å². The number of hydrogen-bond donors (Lipinski definition) is 2. The molecule has 5 nitrogen and oxygen atoms in total. The summed E-state index contributed by atoms with van der Waals surface area (Å²) in [5, 5.41) is 3.40. The van der Waals surface area contributed by atoms with Gasteiger partial charge >= 0.3 is 10.2 Å². The minimum absolute atomic E-state index is 0.0833. The maximum Gasteiger partial charge on any atom is 0.301 e. The molecule has 0 saturated carbocycles. The van der Waals surface area contributed by atoms with Crippen LogP contribution in [-0.4, -0.2) is 32.4 Å². The van der Waals surface area contributed by atoms with Crippen molar-refractivity contribution in [3.63, 3.8) is 0 Å². The van der Waals surface area contributed by atoms with Crippen molar-refractivity contribution in [2.45, 2.75) is 46.2 Å². The van der Waals surface area contributed by atoms with Gasteiger partial charge in [0.1, 0.15) is 0 Å². The molecule has 0 aliphatic heterocycles. The summed E-state index contributed by atoms with van der Waals surface area (Å²) in [6.45, 7) is 8.87. The highest BCUT2D eigenvalue weighted by molar-refractivity contribution is 7.90. The zero-order valence-corrected chi connectivity index (χ0v) is 14.4. The molecule has 1 rings (SSSR count). The molecular formula is C15H27N3O2S. The van der Waals surface area contributed by atoms with Crippen LogP contribution in [-0.2, 0) is 10.2 Å². The molecule has 0 aliphatic rings. The molecule has 0 radical (unpaired) electrons. The van der Waals surface area contributed by atoms with E-state index in [4.69, 9.17) is 0 Å². The summed E-state index contributed by atoms with van der Waals surface area (Å²) < 4.78 is 28.1. The monoisotopic (exact) mass is 313 g/mol. The number of hydrogen-bond acceptors (Lipinski definition) is 3.